The summed E-state index contributed by atoms with van der Waals surface area (Å²) in [6.45, 7) is 0. The molecule has 2 aromatic rings. The quantitative estimate of drug-likeness (QED) is 0.642. The van der Waals surface area contributed by atoms with Gasteiger partial charge < -0.3 is 0 Å². The number of hydrogen-bond acceptors (Lipinski definition) is 2. The third-order valence-electron chi connectivity index (χ3n) is 1.62. The Morgan fingerprint density at radius 1 is 1.36 bits per heavy atom. The molecule has 0 N–H and O–H groups in total. The molecule has 1 aromatic carbocycles. The molecule has 2 nitrogen and oxygen atoms in total. The lowest BCUT2D eigenvalue weighted by molar-refractivity contribution is 1.27. The normalized spacial score (nSPS) is 10.6. The van der Waals surface area contributed by atoms with Crippen LogP contribution >= 0.6 is 11.9 Å². The molecule has 3 heteroatoms. The van der Waals surface area contributed by atoms with Gasteiger partial charge in [0.05, 0.1) is 11.0 Å². The molecule has 0 radical (unpaired) electrons. The number of nitrogens with zero attached hydrogens (tertiary/aromatic N) is 2. The summed E-state index contributed by atoms with van der Waals surface area (Å²) in [4.78, 5) is 4.23. The lowest BCUT2D eigenvalue weighted by Crippen LogP contribution is -1.79. The molecule has 0 saturated heterocycles. The Hall–Kier alpha value is -0.960. The third-order valence-corrected chi connectivity index (χ3v) is 2.30. The van der Waals surface area contributed by atoms with Crippen molar-refractivity contribution in [1.29, 1.82) is 0 Å². The molecule has 0 saturated carbocycles. The topological polar surface area (TPSA) is 17.8 Å². The van der Waals surface area contributed by atoms with E-state index in [2.05, 4.69) is 15.0 Å². The Bertz CT molecular complexity index is 367. The van der Waals surface area contributed by atoms with Crippen LogP contribution in [-0.2, 0) is 0 Å². The number of aromatic nitrogens is 2. The van der Waals surface area contributed by atoms with E-state index in [1.54, 1.807) is 11.9 Å². The van der Waals surface area contributed by atoms with Crippen molar-refractivity contribution in [2.45, 2.75) is 0 Å². The summed E-state index contributed by atoms with van der Waals surface area (Å²) < 4.78 is 2.05. The first kappa shape index (κ1) is 6.73. The number of hydrogen-bond donors (Lipinski definition) is 0. The summed E-state index contributed by atoms with van der Waals surface area (Å²) in [6, 6.07) is 8.11. The summed E-state index contributed by atoms with van der Waals surface area (Å²) in [5, 5.41) is 0. The molecule has 0 fully saturated rings. The predicted molar refractivity (Wildman–Crippen MR) is 48.6 cm³/mol. The number of fused-ring (bicyclic) bond motifs is 1. The van der Waals surface area contributed by atoms with E-state index in [0.717, 1.165) is 5.52 Å². The van der Waals surface area contributed by atoms with Gasteiger partial charge in [0, 0.05) is 6.26 Å². The van der Waals surface area contributed by atoms with Crippen LogP contribution in [0.5, 0.6) is 0 Å². The first-order chi connectivity index (χ1) is 5.42. The Labute approximate surface area is 69.4 Å². The number of rotatable bonds is 1. The molecule has 11 heavy (non-hydrogen) atoms. The van der Waals surface area contributed by atoms with Gasteiger partial charge in [0.1, 0.15) is 6.33 Å². The predicted octanol–water partition coefficient (Wildman–Crippen LogP) is 2.16. The van der Waals surface area contributed by atoms with Gasteiger partial charge in [-0.1, -0.05) is 12.1 Å². The Morgan fingerprint density at radius 3 is 3.00 bits per heavy atom. The van der Waals surface area contributed by atoms with Crippen molar-refractivity contribution in [2.24, 2.45) is 0 Å². The zero-order chi connectivity index (χ0) is 7.68. The maximum absolute atomic E-state index is 4.23. The Morgan fingerprint density at radius 2 is 2.18 bits per heavy atom. The molecule has 0 aliphatic rings. The van der Waals surface area contributed by atoms with Gasteiger partial charge in [0.15, 0.2) is 0 Å². The van der Waals surface area contributed by atoms with Gasteiger partial charge in [-0.15, -0.1) is 0 Å². The molecular weight excluding hydrogens is 156 g/mol. The van der Waals surface area contributed by atoms with E-state index >= 15 is 0 Å². The summed E-state index contributed by atoms with van der Waals surface area (Å²) >= 11 is 1.66. The summed E-state index contributed by atoms with van der Waals surface area (Å²) in [5.41, 5.74) is 2.24. The zero-order valence-corrected chi connectivity index (χ0v) is 7.01. The van der Waals surface area contributed by atoms with E-state index in [9.17, 15) is 0 Å². The summed E-state index contributed by atoms with van der Waals surface area (Å²) in [7, 11) is 0. The molecular formula is C8H8N2S. The van der Waals surface area contributed by atoms with E-state index in [1.165, 1.54) is 5.52 Å². The Balaban J connectivity index is 2.76. The maximum Gasteiger partial charge on any atom is 0.106 e. The van der Waals surface area contributed by atoms with Crippen LogP contribution in [0.25, 0.3) is 11.0 Å². The largest absolute Gasteiger partial charge is 0.272 e. The Kier molecular flexibility index (Phi) is 1.58. The molecule has 1 heterocycles. The summed E-state index contributed by atoms with van der Waals surface area (Å²) in [6.07, 6.45) is 3.88. The van der Waals surface area contributed by atoms with Crippen LogP contribution in [0.15, 0.2) is 30.6 Å². The smallest absolute Gasteiger partial charge is 0.106 e. The van der Waals surface area contributed by atoms with E-state index in [0.29, 0.717) is 0 Å². The molecule has 2 rings (SSSR count). The first-order valence-corrected chi connectivity index (χ1v) is 4.56. The van der Waals surface area contributed by atoms with Gasteiger partial charge in [-0.05, 0) is 24.1 Å². The zero-order valence-electron chi connectivity index (χ0n) is 6.19. The number of benzene rings is 1. The second kappa shape index (κ2) is 2.58. The van der Waals surface area contributed by atoms with Crippen molar-refractivity contribution in [3.63, 3.8) is 0 Å². The van der Waals surface area contributed by atoms with Gasteiger partial charge >= 0.3 is 0 Å². The lowest BCUT2D eigenvalue weighted by atomic mass is 10.3. The lowest BCUT2D eigenvalue weighted by Gasteiger charge is -1.94. The molecule has 56 valence electrons. The average Bonchev–Trinajstić information content (AvgIpc) is 2.47. The van der Waals surface area contributed by atoms with E-state index in [-0.39, 0.29) is 0 Å². The standard InChI is InChI=1S/C8H8N2S/c1-11-10-6-9-7-4-2-3-5-8(7)10/h2-6H,1H3. The van der Waals surface area contributed by atoms with Crippen molar-refractivity contribution in [3.05, 3.63) is 30.6 Å². The second-order valence-electron chi connectivity index (χ2n) is 2.24. The van der Waals surface area contributed by atoms with Gasteiger partial charge in [-0.3, -0.25) is 3.97 Å². The highest BCUT2D eigenvalue weighted by Gasteiger charge is 1.97. The van der Waals surface area contributed by atoms with Crippen molar-refractivity contribution < 1.29 is 0 Å². The second-order valence-corrected chi connectivity index (χ2v) is 3.00. The molecule has 0 amide bonds. The minimum Gasteiger partial charge on any atom is -0.272 e. The maximum atomic E-state index is 4.23. The van der Waals surface area contributed by atoms with Crippen LogP contribution in [0, 0.1) is 0 Å². The van der Waals surface area contributed by atoms with E-state index in [4.69, 9.17) is 0 Å². The summed E-state index contributed by atoms with van der Waals surface area (Å²) in [5.74, 6) is 0. The van der Waals surface area contributed by atoms with Gasteiger partial charge in [0.25, 0.3) is 0 Å². The minimum atomic E-state index is 1.06. The van der Waals surface area contributed by atoms with Crippen LogP contribution < -0.4 is 0 Å². The highest BCUT2D eigenvalue weighted by atomic mass is 32.2. The van der Waals surface area contributed by atoms with Gasteiger partial charge in [-0.25, -0.2) is 4.98 Å². The van der Waals surface area contributed by atoms with Gasteiger partial charge in [0.2, 0.25) is 0 Å². The highest BCUT2D eigenvalue weighted by Crippen LogP contribution is 2.15. The van der Waals surface area contributed by atoms with Crippen LogP contribution in [-0.4, -0.2) is 15.2 Å². The molecule has 0 aliphatic heterocycles. The molecule has 0 spiro atoms. The average molecular weight is 164 g/mol. The van der Waals surface area contributed by atoms with Crippen LogP contribution in [0.4, 0.5) is 0 Å². The SMILES string of the molecule is CSn1cnc2ccccc21. The van der Waals surface area contributed by atoms with Crippen LogP contribution in [0.2, 0.25) is 0 Å². The molecule has 0 aliphatic carbocycles. The molecule has 0 unspecified atom stereocenters. The molecule has 0 bridgehead atoms. The number of para-hydroxylation sites is 2. The van der Waals surface area contributed by atoms with Crippen molar-refractivity contribution in [3.8, 4) is 0 Å². The molecule has 1 aromatic heterocycles. The monoisotopic (exact) mass is 164 g/mol. The first-order valence-electron chi connectivity index (χ1n) is 3.38. The van der Waals surface area contributed by atoms with E-state index < -0.39 is 0 Å². The third kappa shape index (κ3) is 1.01. The van der Waals surface area contributed by atoms with Gasteiger partial charge in [-0.2, -0.15) is 0 Å². The van der Waals surface area contributed by atoms with Crippen molar-refractivity contribution in [1.82, 2.24) is 8.96 Å². The highest BCUT2D eigenvalue weighted by molar-refractivity contribution is 7.97. The fourth-order valence-corrected chi connectivity index (χ4v) is 1.57. The number of imidazole rings is 1. The van der Waals surface area contributed by atoms with E-state index in [1.807, 2.05) is 30.8 Å². The fraction of sp³-hybridized carbons (Fsp3) is 0.125. The minimum absolute atomic E-state index is 1.06. The van der Waals surface area contributed by atoms with Crippen LogP contribution in [0.3, 0.4) is 0 Å². The fourth-order valence-electron chi connectivity index (χ4n) is 1.08. The van der Waals surface area contributed by atoms with Crippen molar-refractivity contribution >= 4 is 23.0 Å². The van der Waals surface area contributed by atoms with Crippen LogP contribution in [0.1, 0.15) is 0 Å². The molecule has 0 atom stereocenters. The van der Waals surface area contributed by atoms with Crippen molar-refractivity contribution in [2.75, 3.05) is 6.26 Å².